The summed E-state index contributed by atoms with van der Waals surface area (Å²) < 4.78 is 14.1. The number of carbonyl (C=O) groups is 1. The van der Waals surface area contributed by atoms with Crippen LogP contribution in [0.5, 0.6) is 0 Å². The molecule has 0 aromatic carbocycles. The van der Waals surface area contributed by atoms with Crippen LogP contribution < -0.4 is 10.8 Å². The third kappa shape index (κ3) is 3.04. The summed E-state index contributed by atoms with van der Waals surface area (Å²) in [5, 5.41) is 7.18. The minimum Gasteiger partial charge on any atom is -0.399 e. The van der Waals surface area contributed by atoms with Crippen LogP contribution in [0, 0.1) is 0 Å². The number of likely N-dealkylation sites (tertiary alicyclic amines) is 1. The van der Waals surface area contributed by atoms with E-state index in [1.807, 2.05) is 49.7 Å². The molecule has 132 valence electrons. The highest BCUT2D eigenvalue weighted by Gasteiger charge is 2.52. The van der Waals surface area contributed by atoms with Crippen molar-refractivity contribution < 1.29 is 14.1 Å². The summed E-state index contributed by atoms with van der Waals surface area (Å²) in [7, 11) is 1.29. The molecule has 1 aromatic rings. The number of piperidine rings is 1. The highest BCUT2D eigenvalue weighted by Crippen LogP contribution is 2.36. The molecule has 0 bridgehead atoms. The number of nitrogens with zero attached hydrogens (tertiary/aromatic N) is 3. The number of nitrogens with one attached hydrogen (secondary N) is 1. The number of hydrogen-bond donors (Lipinski definition) is 1. The molecule has 0 atom stereocenters. The van der Waals surface area contributed by atoms with Gasteiger partial charge in [-0.15, -0.1) is 0 Å². The number of hydrogen-bond acceptors (Lipinski definition) is 4. The molecule has 1 N–H and O–H groups in total. The largest absolute Gasteiger partial charge is 0.498 e. The number of amides is 2. The van der Waals surface area contributed by atoms with Crippen LogP contribution in [0.1, 0.15) is 46.6 Å². The van der Waals surface area contributed by atoms with Crippen molar-refractivity contribution in [1.29, 1.82) is 0 Å². The molecule has 2 aliphatic rings. The zero-order valence-corrected chi connectivity index (χ0v) is 15.2. The monoisotopic (exact) mass is 334 g/mol. The smallest absolute Gasteiger partial charge is 0.399 e. The summed E-state index contributed by atoms with van der Waals surface area (Å²) in [4.78, 5) is 13.5. The molecular weight excluding hydrogens is 307 g/mol. The molecule has 24 heavy (non-hydrogen) atoms. The van der Waals surface area contributed by atoms with E-state index in [0.29, 0.717) is 6.04 Å². The van der Waals surface area contributed by atoms with Gasteiger partial charge in [-0.05, 0) is 40.5 Å². The van der Waals surface area contributed by atoms with E-state index in [1.54, 1.807) is 7.05 Å². The van der Waals surface area contributed by atoms with Crippen molar-refractivity contribution in [2.24, 2.45) is 0 Å². The molecule has 0 saturated carbocycles. The summed E-state index contributed by atoms with van der Waals surface area (Å²) in [6.45, 7) is 9.68. The molecule has 2 saturated heterocycles. The van der Waals surface area contributed by atoms with Gasteiger partial charge in [-0.1, -0.05) is 0 Å². The lowest BCUT2D eigenvalue weighted by molar-refractivity contribution is 0.00578. The molecule has 1 aromatic heterocycles. The molecule has 2 amide bonds. The van der Waals surface area contributed by atoms with Gasteiger partial charge in [0.25, 0.3) is 0 Å². The van der Waals surface area contributed by atoms with Crippen LogP contribution in [-0.4, -0.2) is 59.2 Å². The fourth-order valence-corrected chi connectivity index (χ4v) is 3.14. The maximum absolute atomic E-state index is 11.7. The van der Waals surface area contributed by atoms with Crippen LogP contribution in [0.3, 0.4) is 0 Å². The second-order valence-electron chi connectivity index (χ2n) is 7.62. The third-order valence-corrected chi connectivity index (χ3v) is 5.49. The Morgan fingerprint density at radius 1 is 1.25 bits per heavy atom. The first-order valence-electron chi connectivity index (χ1n) is 8.60. The Bertz CT molecular complexity index is 592. The lowest BCUT2D eigenvalue weighted by Crippen LogP contribution is -2.43. The molecule has 0 aliphatic carbocycles. The van der Waals surface area contributed by atoms with Crippen LogP contribution in [-0.2, 0) is 9.31 Å². The Hall–Kier alpha value is -1.54. The van der Waals surface area contributed by atoms with Gasteiger partial charge in [0.05, 0.1) is 17.2 Å². The summed E-state index contributed by atoms with van der Waals surface area (Å²) in [5.74, 6) is 0. The van der Waals surface area contributed by atoms with Gasteiger partial charge in [-0.2, -0.15) is 5.10 Å². The van der Waals surface area contributed by atoms with E-state index in [0.717, 1.165) is 31.4 Å². The van der Waals surface area contributed by atoms with Crippen molar-refractivity contribution in [2.45, 2.75) is 57.8 Å². The molecule has 8 heteroatoms. The van der Waals surface area contributed by atoms with Crippen molar-refractivity contribution in [1.82, 2.24) is 20.0 Å². The third-order valence-electron chi connectivity index (χ3n) is 5.49. The average Bonchev–Trinajstić information content (AvgIpc) is 3.10. The van der Waals surface area contributed by atoms with Crippen molar-refractivity contribution in [3.63, 3.8) is 0 Å². The number of aromatic nitrogens is 2. The standard InChI is InChI=1S/C16H27BN4O3/c1-15(2)16(3,4)24-17(23-15)12-10-19-21(11-12)13-6-8-20(9-7-13)14(22)18-5/h10-11,13H,6-9H2,1-5H3,(H,18,22). The van der Waals surface area contributed by atoms with Crippen molar-refractivity contribution in [3.8, 4) is 0 Å². The van der Waals surface area contributed by atoms with Gasteiger partial charge in [0.1, 0.15) is 0 Å². The van der Waals surface area contributed by atoms with Crippen LogP contribution >= 0.6 is 0 Å². The quantitative estimate of drug-likeness (QED) is 0.824. The van der Waals surface area contributed by atoms with Gasteiger partial charge < -0.3 is 19.5 Å². The zero-order chi connectivity index (χ0) is 17.5. The maximum Gasteiger partial charge on any atom is 0.498 e. The average molecular weight is 334 g/mol. The van der Waals surface area contributed by atoms with Crippen LogP contribution in [0.25, 0.3) is 0 Å². The molecular formula is C16H27BN4O3. The first-order chi connectivity index (χ1) is 11.2. The number of rotatable bonds is 2. The van der Waals surface area contributed by atoms with Gasteiger partial charge >= 0.3 is 13.1 Å². The van der Waals surface area contributed by atoms with E-state index in [9.17, 15) is 4.79 Å². The fraction of sp³-hybridized carbons (Fsp3) is 0.750. The van der Waals surface area contributed by atoms with E-state index in [-0.39, 0.29) is 24.4 Å². The fourth-order valence-electron chi connectivity index (χ4n) is 3.14. The Labute approximate surface area is 143 Å². The highest BCUT2D eigenvalue weighted by molar-refractivity contribution is 6.62. The van der Waals surface area contributed by atoms with Gasteiger partial charge in [0.15, 0.2) is 0 Å². The Kier molecular flexibility index (Phi) is 4.38. The summed E-state index contributed by atoms with van der Waals surface area (Å²) in [6, 6.07) is 0.300. The first-order valence-corrected chi connectivity index (χ1v) is 8.60. The molecule has 0 unspecified atom stereocenters. The van der Waals surface area contributed by atoms with E-state index in [4.69, 9.17) is 9.31 Å². The second-order valence-corrected chi connectivity index (χ2v) is 7.62. The lowest BCUT2D eigenvalue weighted by atomic mass is 9.82. The van der Waals surface area contributed by atoms with Gasteiger partial charge in [0.2, 0.25) is 0 Å². The van der Waals surface area contributed by atoms with Crippen LogP contribution in [0.15, 0.2) is 12.4 Å². The molecule has 3 rings (SSSR count). The number of urea groups is 1. The van der Waals surface area contributed by atoms with Crippen LogP contribution in [0.2, 0.25) is 0 Å². The Balaban J connectivity index is 1.64. The predicted octanol–water partition coefficient (Wildman–Crippen LogP) is 1.16. The SMILES string of the molecule is CNC(=O)N1CCC(n2cc(B3OC(C)(C)C(C)(C)O3)cn2)CC1. The summed E-state index contributed by atoms with van der Waals surface area (Å²) in [6.07, 6.45) is 5.64. The highest BCUT2D eigenvalue weighted by atomic mass is 16.7. The minimum absolute atomic E-state index is 0.00757. The van der Waals surface area contributed by atoms with Gasteiger partial charge in [-0.25, -0.2) is 4.79 Å². The zero-order valence-electron chi connectivity index (χ0n) is 15.2. The van der Waals surface area contributed by atoms with Crippen molar-refractivity contribution >= 4 is 18.6 Å². The number of carbonyl (C=O) groups excluding carboxylic acids is 1. The molecule has 0 radical (unpaired) electrons. The van der Waals surface area contributed by atoms with E-state index >= 15 is 0 Å². The topological polar surface area (TPSA) is 68.6 Å². The Morgan fingerprint density at radius 3 is 2.38 bits per heavy atom. The van der Waals surface area contributed by atoms with E-state index < -0.39 is 0 Å². The first kappa shape index (κ1) is 17.3. The minimum atomic E-state index is -0.380. The predicted molar refractivity (Wildman–Crippen MR) is 92.2 cm³/mol. The normalized spacial score (nSPS) is 23.5. The second kappa shape index (κ2) is 6.08. The molecule has 0 spiro atoms. The Morgan fingerprint density at radius 2 is 1.83 bits per heavy atom. The van der Waals surface area contributed by atoms with E-state index in [2.05, 4.69) is 10.4 Å². The maximum atomic E-state index is 11.7. The van der Waals surface area contributed by atoms with E-state index in [1.165, 1.54) is 0 Å². The van der Waals surface area contributed by atoms with Gasteiger partial charge in [-0.3, -0.25) is 4.68 Å². The van der Waals surface area contributed by atoms with Gasteiger partial charge in [0, 0.05) is 38.0 Å². The molecule has 2 aliphatic heterocycles. The summed E-state index contributed by atoms with van der Waals surface area (Å²) >= 11 is 0. The lowest BCUT2D eigenvalue weighted by Gasteiger charge is -2.32. The molecule has 7 nitrogen and oxygen atoms in total. The van der Waals surface area contributed by atoms with Crippen molar-refractivity contribution in [3.05, 3.63) is 12.4 Å². The van der Waals surface area contributed by atoms with Crippen molar-refractivity contribution in [2.75, 3.05) is 20.1 Å². The summed E-state index contributed by atoms with van der Waals surface area (Å²) in [5.41, 5.74) is 0.249. The molecule has 2 fully saturated rings. The van der Waals surface area contributed by atoms with Crippen LogP contribution in [0.4, 0.5) is 4.79 Å². The molecule has 3 heterocycles.